The van der Waals surface area contributed by atoms with Crippen molar-refractivity contribution in [3.8, 4) is 0 Å². The van der Waals surface area contributed by atoms with E-state index in [0.717, 1.165) is 0 Å². The normalized spacial score (nSPS) is 29.3. The first-order chi connectivity index (χ1) is 6.35. The van der Waals surface area contributed by atoms with Crippen LogP contribution in [0.25, 0.3) is 0 Å². The Morgan fingerprint density at radius 3 is 2.23 bits per heavy atom. The van der Waals surface area contributed by atoms with Crippen LogP contribution in [0.4, 0.5) is 0 Å². The van der Waals surface area contributed by atoms with E-state index in [9.17, 15) is 0 Å². The summed E-state index contributed by atoms with van der Waals surface area (Å²) in [4.78, 5) is 0. The molecule has 2 heteroatoms. The summed E-state index contributed by atoms with van der Waals surface area (Å²) >= 11 is 0. The lowest BCUT2D eigenvalue weighted by Gasteiger charge is -2.42. The molecule has 0 amide bonds. The molecule has 1 spiro atoms. The van der Waals surface area contributed by atoms with Gasteiger partial charge in [0.2, 0.25) is 0 Å². The van der Waals surface area contributed by atoms with E-state index in [1.54, 1.807) is 0 Å². The van der Waals surface area contributed by atoms with Gasteiger partial charge in [-0.1, -0.05) is 0 Å². The number of nitrogens with one attached hydrogen (secondary N) is 1. The Hall–Kier alpha value is -0.0800. The van der Waals surface area contributed by atoms with Crippen molar-refractivity contribution in [1.82, 2.24) is 5.32 Å². The SMILES string of the molecule is OCC1CCC2(CCNCC2)CC1. The van der Waals surface area contributed by atoms with Crippen molar-refractivity contribution in [3.05, 3.63) is 0 Å². The maximum atomic E-state index is 9.07. The summed E-state index contributed by atoms with van der Waals surface area (Å²) in [7, 11) is 0. The third kappa shape index (κ3) is 2.05. The summed E-state index contributed by atoms with van der Waals surface area (Å²) in [6.45, 7) is 2.84. The molecular weight excluding hydrogens is 162 g/mol. The van der Waals surface area contributed by atoms with Gasteiger partial charge < -0.3 is 10.4 Å². The van der Waals surface area contributed by atoms with Crippen molar-refractivity contribution >= 4 is 0 Å². The van der Waals surface area contributed by atoms with Crippen molar-refractivity contribution in [1.29, 1.82) is 0 Å². The second-order valence-electron chi connectivity index (χ2n) is 4.88. The van der Waals surface area contributed by atoms with Gasteiger partial charge in [0, 0.05) is 6.61 Å². The van der Waals surface area contributed by atoms with Crippen LogP contribution in [-0.4, -0.2) is 24.8 Å². The molecule has 1 aliphatic heterocycles. The lowest BCUT2D eigenvalue weighted by molar-refractivity contribution is 0.0798. The fraction of sp³-hybridized carbons (Fsp3) is 1.00. The summed E-state index contributed by atoms with van der Waals surface area (Å²) in [5.74, 6) is 0.612. The summed E-state index contributed by atoms with van der Waals surface area (Å²) < 4.78 is 0. The fourth-order valence-electron chi connectivity index (χ4n) is 2.93. The molecule has 0 atom stereocenters. The van der Waals surface area contributed by atoms with E-state index >= 15 is 0 Å². The van der Waals surface area contributed by atoms with Gasteiger partial charge in [-0.15, -0.1) is 0 Å². The second kappa shape index (κ2) is 3.97. The smallest absolute Gasteiger partial charge is 0.0459 e. The first-order valence-corrected chi connectivity index (χ1v) is 5.66. The summed E-state index contributed by atoms with van der Waals surface area (Å²) in [5.41, 5.74) is 0.664. The Labute approximate surface area is 80.7 Å². The molecular formula is C11H21NO. The van der Waals surface area contributed by atoms with E-state index in [1.165, 1.54) is 51.6 Å². The van der Waals surface area contributed by atoms with Crippen molar-refractivity contribution in [3.63, 3.8) is 0 Å². The van der Waals surface area contributed by atoms with Crippen LogP contribution in [0.5, 0.6) is 0 Å². The molecule has 2 aliphatic rings. The van der Waals surface area contributed by atoms with Gasteiger partial charge in [0.15, 0.2) is 0 Å². The molecule has 1 heterocycles. The molecule has 0 bridgehead atoms. The topological polar surface area (TPSA) is 32.3 Å². The van der Waals surface area contributed by atoms with Gasteiger partial charge in [0.1, 0.15) is 0 Å². The molecule has 0 radical (unpaired) electrons. The number of rotatable bonds is 1. The molecule has 76 valence electrons. The first kappa shape index (κ1) is 9.47. The zero-order valence-electron chi connectivity index (χ0n) is 8.39. The summed E-state index contributed by atoms with van der Waals surface area (Å²) in [5, 5.41) is 12.5. The second-order valence-corrected chi connectivity index (χ2v) is 4.88. The average molecular weight is 183 g/mol. The van der Waals surface area contributed by atoms with Gasteiger partial charge in [-0.3, -0.25) is 0 Å². The Bertz CT molecular complexity index is 153. The van der Waals surface area contributed by atoms with Gasteiger partial charge in [0.05, 0.1) is 0 Å². The monoisotopic (exact) mass is 183 g/mol. The largest absolute Gasteiger partial charge is 0.396 e. The highest BCUT2D eigenvalue weighted by Gasteiger charge is 2.35. The predicted molar refractivity (Wildman–Crippen MR) is 53.6 cm³/mol. The standard InChI is InChI=1S/C11H21NO/c13-9-10-1-3-11(4-2-10)5-7-12-8-6-11/h10,12-13H,1-9H2. The summed E-state index contributed by atoms with van der Waals surface area (Å²) in [6.07, 6.45) is 7.98. The van der Waals surface area contributed by atoms with E-state index in [0.29, 0.717) is 17.9 Å². The highest BCUT2D eigenvalue weighted by Crippen LogP contribution is 2.44. The van der Waals surface area contributed by atoms with Crippen molar-refractivity contribution in [2.75, 3.05) is 19.7 Å². The molecule has 2 N–H and O–H groups in total. The average Bonchev–Trinajstić information content (AvgIpc) is 2.20. The Morgan fingerprint density at radius 2 is 1.69 bits per heavy atom. The predicted octanol–water partition coefficient (Wildman–Crippen LogP) is 1.54. The van der Waals surface area contributed by atoms with Gasteiger partial charge in [-0.25, -0.2) is 0 Å². The minimum absolute atomic E-state index is 0.411. The highest BCUT2D eigenvalue weighted by molar-refractivity contribution is 4.88. The van der Waals surface area contributed by atoms with E-state index < -0.39 is 0 Å². The molecule has 1 saturated heterocycles. The highest BCUT2D eigenvalue weighted by atomic mass is 16.3. The maximum Gasteiger partial charge on any atom is 0.0459 e. The molecule has 2 rings (SSSR count). The molecule has 0 aromatic rings. The number of aliphatic hydroxyl groups is 1. The third-order valence-corrected chi connectivity index (χ3v) is 4.09. The van der Waals surface area contributed by atoms with Crippen LogP contribution in [0, 0.1) is 11.3 Å². The Morgan fingerprint density at radius 1 is 1.08 bits per heavy atom. The van der Waals surface area contributed by atoms with Crippen LogP contribution >= 0.6 is 0 Å². The molecule has 2 nitrogen and oxygen atoms in total. The van der Waals surface area contributed by atoms with Gasteiger partial charge in [-0.2, -0.15) is 0 Å². The van der Waals surface area contributed by atoms with Crippen LogP contribution in [0.1, 0.15) is 38.5 Å². The van der Waals surface area contributed by atoms with E-state index in [1.807, 2.05) is 0 Å². The number of aliphatic hydroxyl groups excluding tert-OH is 1. The summed E-state index contributed by atoms with van der Waals surface area (Å²) in [6, 6.07) is 0. The maximum absolute atomic E-state index is 9.07. The van der Waals surface area contributed by atoms with E-state index in [-0.39, 0.29) is 0 Å². The first-order valence-electron chi connectivity index (χ1n) is 5.66. The fourth-order valence-corrected chi connectivity index (χ4v) is 2.93. The zero-order valence-corrected chi connectivity index (χ0v) is 8.39. The third-order valence-electron chi connectivity index (χ3n) is 4.09. The molecule has 13 heavy (non-hydrogen) atoms. The minimum atomic E-state index is 0.411. The van der Waals surface area contributed by atoms with Crippen molar-refractivity contribution in [2.24, 2.45) is 11.3 Å². The Kier molecular flexibility index (Phi) is 2.89. The molecule has 0 unspecified atom stereocenters. The van der Waals surface area contributed by atoms with Crippen LogP contribution < -0.4 is 5.32 Å². The molecule has 1 aliphatic carbocycles. The van der Waals surface area contributed by atoms with E-state index in [2.05, 4.69) is 5.32 Å². The van der Waals surface area contributed by atoms with Crippen molar-refractivity contribution in [2.45, 2.75) is 38.5 Å². The zero-order chi connectivity index (χ0) is 9.15. The van der Waals surface area contributed by atoms with Crippen LogP contribution in [-0.2, 0) is 0 Å². The van der Waals surface area contributed by atoms with Gasteiger partial charge in [-0.05, 0) is 62.9 Å². The van der Waals surface area contributed by atoms with Gasteiger partial charge in [0.25, 0.3) is 0 Å². The van der Waals surface area contributed by atoms with Crippen LogP contribution in [0.3, 0.4) is 0 Å². The molecule has 0 aromatic heterocycles. The van der Waals surface area contributed by atoms with Crippen LogP contribution in [0.15, 0.2) is 0 Å². The van der Waals surface area contributed by atoms with E-state index in [4.69, 9.17) is 5.11 Å². The lowest BCUT2D eigenvalue weighted by atomic mass is 9.66. The minimum Gasteiger partial charge on any atom is -0.396 e. The number of hydrogen-bond acceptors (Lipinski definition) is 2. The molecule has 1 saturated carbocycles. The van der Waals surface area contributed by atoms with Crippen molar-refractivity contribution < 1.29 is 5.11 Å². The van der Waals surface area contributed by atoms with Gasteiger partial charge >= 0.3 is 0 Å². The molecule has 0 aromatic carbocycles. The van der Waals surface area contributed by atoms with Crippen LogP contribution in [0.2, 0.25) is 0 Å². The quantitative estimate of drug-likeness (QED) is 0.646. The lowest BCUT2D eigenvalue weighted by Crippen LogP contribution is -2.39. The molecule has 2 fully saturated rings. The number of piperidine rings is 1. The Balaban J connectivity index is 1.87. The number of hydrogen-bond donors (Lipinski definition) is 2.